The van der Waals surface area contributed by atoms with Crippen molar-refractivity contribution in [1.82, 2.24) is 5.32 Å². The van der Waals surface area contributed by atoms with Crippen molar-refractivity contribution >= 4 is 33.5 Å². The SMILES string of the molecule is CCC(NC(=O)c1cc(Br)cc([N+](=O)[O-])c1)C(=O)O. The van der Waals surface area contributed by atoms with Crippen LogP contribution in [-0.4, -0.2) is 27.9 Å². The summed E-state index contributed by atoms with van der Waals surface area (Å²) in [6, 6.07) is 2.71. The minimum Gasteiger partial charge on any atom is -0.480 e. The van der Waals surface area contributed by atoms with Crippen molar-refractivity contribution in [1.29, 1.82) is 0 Å². The molecule has 0 saturated heterocycles. The van der Waals surface area contributed by atoms with Crippen LogP contribution in [0.3, 0.4) is 0 Å². The molecule has 0 aliphatic carbocycles. The van der Waals surface area contributed by atoms with E-state index in [-0.39, 0.29) is 17.7 Å². The molecule has 7 nitrogen and oxygen atoms in total. The molecule has 0 radical (unpaired) electrons. The van der Waals surface area contributed by atoms with Gasteiger partial charge in [0.2, 0.25) is 0 Å². The van der Waals surface area contributed by atoms with Gasteiger partial charge in [-0.05, 0) is 12.5 Å². The van der Waals surface area contributed by atoms with Gasteiger partial charge >= 0.3 is 5.97 Å². The fraction of sp³-hybridized carbons (Fsp3) is 0.273. The topological polar surface area (TPSA) is 110 Å². The highest BCUT2D eigenvalue weighted by atomic mass is 79.9. The summed E-state index contributed by atoms with van der Waals surface area (Å²) in [5, 5.41) is 21.8. The molecule has 0 fully saturated rings. The Bertz CT molecular complexity index is 532. The highest BCUT2D eigenvalue weighted by Crippen LogP contribution is 2.21. The molecule has 102 valence electrons. The van der Waals surface area contributed by atoms with Crippen molar-refractivity contribution in [3.8, 4) is 0 Å². The van der Waals surface area contributed by atoms with Crippen LogP contribution in [0.4, 0.5) is 5.69 Å². The van der Waals surface area contributed by atoms with Crippen LogP contribution < -0.4 is 5.32 Å². The summed E-state index contributed by atoms with van der Waals surface area (Å²) >= 11 is 3.06. The summed E-state index contributed by atoms with van der Waals surface area (Å²) in [6.45, 7) is 1.61. The molecule has 0 saturated carbocycles. The number of rotatable bonds is 5. The molecule has 1 amide bonds. The smallest absolute Gasteiger partial charge is 0.326 e. The third kappa shape index (κ3) is 4.02. The zero-order valence-corrected chi connectivity index (χ0v) is 11.5. The maximum Gasteiger partial charge on any atom is 0.326 e. The Morgan fingerprint density at radius 2 is 2.11 bits per heavy atom. The lowest BCUT2D eigenvalue weighted by Crippen LogP contribution is -2.40. The van der Waals surface area contributed by atoms with Crippen molar-refractivity contribution in [3.63, 3.8) is 0 Å². The van der Waals surface area contributed by atoms with Gasteiger partial charge in [-0.3, -0.25) is 14.9 Å². The van der Waals surface area contributed by atoms with Crippen molar-refractivity contribution in [2.24, 2.45) is 0 Å². The maximum absolute atomic E-state index is 11.8. The Kier molecular flexibility index (Phi) is 4.99. The molecule has 1 atom stereocenters. The van der Waals surface area contributed by atoms with E-state index < -0.39 is 22.8 Å². The summed E-state index contributed by atoms with van der Waals surface area (Å²) in [4.78, 5) is 32.7. The van der Waals surface area contributed by atoms with Crippen LogP contribution in [0, 0.1) is 10.1 Å². The Balaban J connectivity index is 2.99. The second-order valence-electron chi connectivity index (χ2n) is 3.73. The molecule has 0 aliphatic heterocycles. The average Bonchev–Trinajstić information content (AvgIpc) is 2.34. The Labute approximate surface area is 116 Å². The van der Waals surface area contributed by atoms with Crippen molar-refractivity contribution < 1.29 is 19.6 Å². The number of carboxylic acid groups (broad SMARTS) is 1. The monoisotopic (exact) mass is 330 g/mol. The first-order valence-electron chi connectivity index (χ1n) is 5.33. The van der Waals surface area contributed by atoms with E-state index in [2.05, 4.69) is 21.2 Å². The zero-order chi connectivity index (χ0) is 14.6. The molecule has 19 heavy (non-hydrogen) atoms. The molecule has 8 heteroatoms. The van der Waals surface area contributed by atoms with Crippen LogP contribution in [0.15, 0.2) is 22.7 Å². The molecule has 1 rings (SSSR count). The van der Waals surface area contributed by atoms with E-state index in [4.69, 9.17) is 5.11 Å². The summed E-state index contributed by atoms with van der Waals surface area (Å²) < 4.78 is 0.371. The van der Waals surface area contributed by atoms with Gasteiger partial charge in [-0.15, -0.1) is 0 Å². The molecule has 0 spiro atoms. The number of carboxylic acids is 1. The van der Waals surface area contributed by atoms with E-state index in [1.54, 1.807) is 6.92 Å². The second-order valence-corrected chi connectivity index (χ2v) is 4.64. The van der Waals surface area contributed by atoms with Gasteiger partial charge < -0.3 is 10.4 Å². The quantitative estimate of drug-likeness (QED) is 0.633. The maximum atomic E-state index is 11.8. The third-order valence-electron chi connectivity index (χ3n) is 2.37. The number of nitrogens with one attached hydrogen (secondary N) is 1. The van der Waals surface area contributed by atoms with Crippen molar-refractivity contribution in [3.05, 3.63) is 38.3 Å². The molecular weight excluding hydrogens is 320 g/mol. The average molecular weight is 331 g/mol. The Morgan fingerprint density at radius 3 is 2.58 bits per heavy atom. The van der Waals surface area contributed by atoms with Crippen molar-refractivity contribution in [2.75, 3.05) is 0 Å². The number of aliphatic carboxylic acids is 1. The predicted octanol–water partition coefficient (Wildman–Crippen LogP) is 1.95. The number of hydrogen-bond donors (Lipinski definition) is 2. The number of nitro groups is 1. The van der Waals surface area contributed by atoms with Crippen LogP contribution in [-0.2, 0) is 4.79 Å². The van der Waals surface area contributed by atoms with Gasteiger partial charge in [-0.25, -0.2) is 4.79 Å². The number of amides is 1. The number of nitro benzene ring substituents is 1. The van der Waals surface area contributed by atoms with E-state index in [9.17, 15) is 19.7 Å². The molecule has 1 aromatic carbocycles. The number of halogens is 1. The molecule has 1 unspecified atom stereocenters. The summed E-state index contributed by atoms with van der Waals surface area (Å²) in [6.07, 6.45) is 0.219. The lowest BCUT2D eigenvalue weighted by Gasteiger charge is -2.12. The number of benzene rings is 1. The van der Waals surface area contributed by atoms with Gasteiger partial charge in [0.25, 0.3) is 11.6 Å². The van der Waals surface area contributed by atoms with E-state index in [1.165, 1.54) is 12.1 Å². The number of carbonyl (C=O) groups is 2. The third-order valence-corrected chi connectivity index (χ3v) is 2.83. The highest BCUT2D eigenvalue weighted by molar-refractivity contribution is 9.10. The second kappa shape index (κ2) is 6.28. The zero-order valence-electron chi connectivity index (χ0n) is 9.92. The molecule has 1 aromatic rings. The Hall–Kier alpha value is -1.96. The van der Waals surface area contributed by atoms with Crippen LogP contribution in [0.5, 0.6) is 0 Å². The van der Waals surface area contributed by atoms with Crippen molar-refractivity contribution in [2.45, 2.75) is 19.4 Å². The first-order chi connectivity index (χ1) is 8.85. The van der Waals surface area contributed by atoms with Crippen LogP contribution in [0.1, 0.15) is 23.7 Å². The number of nitrogens with zero attached hydrogens (tertiary/aromatic N) is 1. The fourth-order valence-electron chi connectivity index (χ4n) is 1.39. The number of carbonyl (C=O) groups excluding carboxylic acids is 1. The number of hydrogen-bond acceptors (Lipinski definition) is 4. The van der Waals surface area contributed by atoms with Gasteiger partial charge in [0.15, 0.2) is 0 Å². The molecule has 2 N–H and O–H groups in total. The number of non-ortho nitro benzene ring substituents is 1. The van der Waals surface area contributed by atoms with Gasteiger partial charge in [-0.2, -0.15) is 0 Å². The largest absolute Gasteiger partial charge is 0.480 e. The minimum atomic E-state index is -1.15. The predicted molar refractivity (Wildman–Crippen MR) is 70.0 cm³/mol. The van der Waals surface area contributed by atoms with Gasteiger partial charge in [0.1, 0.15) is 6.04 Å². The lowest BCUT2D eigenvalue weighted by atomic mass is 10.1. The van der Waals surface area contributed by atoms with E-state index in [1.807, 2.05) is 0 Å². The summed E-state index contributed by atoms with van der Waals surface area (Å²) in [7, 11) is 0. The summed E-state index contributed by atoms with van der Waals surface area (Å²) in [5.74, 6) is -1.82. The highest BCUT2D eigenvalue weighted by Gasteiger charge is 2.20. The fourth-order valence-corrected chi connectivity index (χ4v) is 1.87. The summed E-state index contributed by atoms with van der Waals surface area (Å²) in [5.41, 5.74) is -0.219. The van der Waals surface area contributed by atoms with Gasteiger partial charge in [0.05, 0.1) is 4.92 Å². The first-order valence-corrected chi connectivity index (χ1v) is 6.13. The van der Waals surface area contributed by atoms with Crippen LogP contribution in [0.2, 0.25) is 0 Å². The van der Waals surface area contributed by atoms with Crippen LogP contribution >= 0.6 is 15.9 Å². The normalized spacial score (nSPS) is 11.7. The van der Waals surface area contributed by atoms with E-state index >= 15 is 0 Å². The molecule has 0 heterocycles. The van der Waals surface area contributed by atoms with E-state index in [0.717, 1.165) is 6.07 Å². The first kappa shape index (κ1) is 15.1. The molecule has 0 aliphatic rings. The van der Waals surface area contributed by atoms with Gasteiger partial charge in [-0.1, -0.05) is 22.9 Å². The molecule has 0 bridgehead atoms. The lowest BCUT2D eigenvalue weighted by molar-refractivity contribution is -0.385. The molecular formula is C11H11BrN2O5. The Morgan fingerprint density at radius 1 is 1.47 bits per heavy atom. The van der Waals surface area contributed by atoms with E-state index in [0.29, 0.717) is 4.47 Å². The van der Waals surface area contributed by atoms with Crippen LogP contribution in [0.25, 0.3) is 0 Å². The molecule has 0 aromatic heterocycles. The van der Waals surface area contributed by atoms with Gasteiger partial charge in [0, 0.05) is 22.2 Å². The standard InChI is InChI=1S/C11H11BrN2O5/c1-2-9(11(16)17)13-10(15)6-3-7(12)5-8(4-6)14(18)19/h3-5,9H,2H2,1H3,(H,13,15)(H,16,17). The minimum absolute atomic E-state index is 0.0285.